The minimum atomic E-state index is -0.515. The molecule has 136 valence electrons. The van der Waals surface area contributed by atoms with Gasteiger partial charge in [-0.1, -0.05) is 36.4 Å². The van der Waals surface area contributed by atoms with E-state index in [1.165, 1.54) is 24.3 Å². The van der Waals surface area contributed by atoms with Crippen molar-refractivity contribution >= 4 is 22.8 Å². The molecule has 4 aromatic rings. The van der Waals surface area contributed by atoms with Crippen molar-refractivity contribution in [2.24, 2.45) is 0 Å². The highest BCUT2D eigenvalue weighted by Gasteiger charge is 2.19. The van der Waals surface area contributed by atoms with Crippen LogP contribution >= 0.6 is 0 Å². The molecule has 0 bridgehead atoms. The average Bonchev–Trinajstić information content (AvgIpc) is 2.73. The maximum Gasteiger partial charge on any atom is 0.260 e. The fraction of sp³-hybridized carbons (Fsp3) is 0. The molecule has 0 aliphatic rings. The minimum Gasteiger partial charge on any atom is -0.321 e. The molecule has 1 N–H and O–H groups in total. The summed E-state index contributed by atoms with van der Waals surface area (Å²) in [6.07, 6.45) is 6.18. The molecule has 2 aromatic heterocycles. The summed E-state index contributed by atoms with van der Waals surface area (Å²) in [6, 6.07) is 16.7. The zero-order chi connectivity index (χ0) is 19.5. The Morgan fingerprint density at radius 2 is 1.86 bits per heavy atom. The Morgan fingerprint density at radius 1 is 1.04 bits per heavy atom. The number of nitrogens with one attached hydrogen (secondary N) is 1. The maximum absolute atomic E-state index is 13.9. The van der Waals surface area contributed by atoms with E-state index >= 15 is 0 Å². The Morgan fingerprint density at radius 3 is 2.61 bits per heavy atom. The Bertz CT molecular complexity index is 1250. The lowest BCUT2D eigenvalue weighted by Crippen LogP contribution is -2.18. The molecule has 0 atom stereocenters. The van der Waals surface area contributed by atoms with Gasteiger partial charge >= 0.3 is 0 Å². The molecule has 28 heavy (non-hydrogen) atoms. The fourth-order valence-corrected chi connectivity index (χ4v) is 3.13. The van der Waals surface area contributed by atoms with Gasteiger partial charge in [-0.15, -0.1) is 0 Å². The van der Waals surface area contributed by atoms with Crippen molar-refractivity contribution in [3.8, 4) is 11.1 Å². The second kappa shape index (κ2) is 7.40. The van der Waals surface area contributed by atoms with Crippen LogP contribution in [0.3, 0.4) is 0 Å². The lowest BCUT2D eigenvalue weighted by Gasteiger charge is -2.11. The van der Waals surface area contributed by atoms with Crippen molar-refractivity contribution in [1.82, 2.24) is 9.97 Å². The van der Waals surface area contributed by atoms with Crippen molar-refractivity contribution in [2.75, 3.05) is 0 Å². The number of carbonyl (C=O) groups is 1. The van der Waals surface area contributed by atoms with Crippen molar-refractivity contribution < 1.29 is 9.18 Å². The third kappa shape index (κ3) is 3.38. The van der Waals surface area contributed by atoms with Crippen molar-refractivity contribution in [1.29, 1.82) is 0 Å². The summed E-state index contributed by atoms with van der Waals surface area (Å²) in [7, 11) is 0. The van der Waals surface area contributed by atoms with E-state index < -0.39 is 17.2 Å². The van der Waals surface area contributed by atoms with Crippen molar-refractivity contribution in [3.63, 3.8) is 0 Å². The first-order valence-corrected chi connectivity index (χ1v) is 8.67. The number of aromatic amines is 1. The largest absolute Gasteiger partial charge is 0.321 e. The number of fused-ring (bicyclic) bond motifs is 1. The van der Waals surface area contributed by atoms with E-state index in [-0.39, 0.29) is 5.56 Å². The predicted molar refractivity (Wildman–Crippen MR) is 108 cm³/mol. The third-order valence-corrected chi connectivity index (χ3v) is 4.40. The molecule has 0 radical (unpaired) electrons. The van der Waals surface area contributed by atoms with Gasteiger partial charge in [0.15, 0.2) is 5.78 Å². The molecule has 0 fully saturated rings. The number of nitrogens with zero attached hydrogens (tertiary/aromatic N) is 1. The average molecular weight is 370 g/mol. The molecule has 2 heterocycles. The highest BCUT2D eigenvalue weighted by molar-refractivity contribution is 6.15. The first kappa shape index (κ1) is 17.5. The number of rotatable bonds is 4. The van der Waals surface area contributed by atoms with Crippen LogP contribution in [-0.4, -0.2) is 15.8 Å². The van der Waals surface area contributed by atoms with Gasteiger partial charge in [-0.3, -0.25) is 14.6 Å². The first-order valence-electron chi connectivity index (χ1n) is 8.67. The van der Waals surface area contributed by atoms with Gasteiger partial charge in [-0.05, 0) is 47.5 Å². The summed E-state index contributed by atoms with van der Waals surface area (Å²) in [5.41, 5.74) is 1.75. The number of hydrogen-bond acceptors (Lipinski definition) is 3. The van der Waals surface area contributed by atoms with Gasteiger partial charge in [-0.2, -0.15) is 0 Å². The van der Waals surface area contributed by atoms with Gasteiger partial charge in [0.1, 0.15) is 5.82 Å². The lowest BCUT2D eigenvalue weighted by molar-refractivity contribution is 0.104. The highest BCUT2D eigenvalue weighted by Crippen LogP contribution is 2.30. The Hall–Kier alpha value is -3.86. The minimum absolute atomic E-state index is 0.0237. The van der Waals surface area contributed by atoms with Gasteiger partial charge in [0, 0.05) is 28.9 Å². The van der Waals surface area contributed by atoms with Gasteiger partial charge in [0.05, 0.1) is 5.56 Å². The van der Waals surface area contributed by atoms with Gasteiger partial charge in [0.25, 0.3) is 5.56 Å². The number of hydrogen-bond donors (Lipinski definition) is 1. The van der Waals surface area contributed by atoms with E-state index in [0.717, 1.165) is 5.56 Å². The highest BCUT2D eigenvalue weighted by atomic mass is 19.1. The first-order chi connectivity index (χ1) is 13.6. The van der Waals surface area contributed by atoms with Crippen molar-refractivity contribution in [3.05, 3.63) is 106 Å². The molecule has 4 rings (SSSR count). The molecule has 5 heteroatoms. The summed E-state index contributed by atoms with van der Waals surface area (Å²) in [5.74, 6) is -0.906. The number of halogens is 1. The maximum atomic E-state index is 13.9. The second-order valence-corrected chi connectivity index (χ2v) is 6.24. The number of carbonyl (C=O) groups excluding carboxylic acids is 1. The Labute approximate surface area is 160 Å². The summed E-state index contributed by atoms with van der Waals surface area (Å²) in [6.45, 7) is 0. The van der Waals surface area contributed by atoms with E-state index in [9.17, 15) is 14.0 Å². The quantitative estimate of drug-likeness (QED) is 0.421. The number of aromatic nitrogens is 2. The molecule has 0 saturated heterocycles. The predicted octanol–water partition coefficient (Wildman–Crippen LogP) is 4.63. The molecule has 0 aliphatic carbocycles. The summed E-state index contributed by atoms with van der Waals surface area (Å²) < 4.78 is 13.9. The smallest absolute Gasteiger partial charge is 0.260 e. The Kier molecular flexibility index (Phi) is 4.64. The number of benzene rings is 2. The van der Waals surface area contributed by atoms with Gasteiger partial charge in [-0.25, -0.2) is 4.39 Å². The van der Waals surface area contributed by atoms with Gasteiger partial charge in [0.2, 0.25) is 0 Å². The van der Waals surface area contributed by atoms with Gasteiger partial charge < -0.3 is 4.98 Å². The van der Waals surface area contributed by atoms with Crippen LogP contribution in [0.25, 0.3) is 28.1 Å². The number of ketones is 1. The van der Waals surface area contributed by atoms with Crippen LogP contribution in [0.2, 0.25) is 0 Å². The van der Waals surface area contributed by atoms with E-state index in [1.807, 2.05) is 6.07 Å². The number of allylic oxidation sites excluding steroid dienone is 1. The summed E-state index contributed by atoms with van der Waals surface area (Å²) in [5, 5.41) is 0.476. The summed E-state index contributed by atoms with van der Waals surface area (Å²) in [4.78, 5) is 32.4. The fourth-order valence-electron chi connectivity index (χ4n) is 3.13. The standard InChI is InChI=1S/C23H15FN2O2/c24-17-9-10-19-18(13-17)21(16-6-2-1-3-7-16)22(23(28)26-19)20(27)11-8-15-5-4-12-25-14-15/h1-14H,(H,26,28)/b11-8+. The van der Waals surface area contributed by atoms with Crippen LogP contribution in [0.1, 0.15) is 15.9 Å². The van der Waals surface area contributed by atoms with Crippen LogP contribution in [-0.2, 0) is 0 Å². The van der Waals surface area contributed by atoms with E-state index in [1.54, 1.807) is 54.9 Å². The normalized spacial score (nSPS) is 11.2. The molecule has 0 unspecified atom stereocenters. The van der Waals surface area contributed by atoms with E-state index in [0.29, 0.717) is 22.0 Å². The van der Waals surface area contributed by atoms with Crippen LogP contribution in [0.15, 0.2) is 83.9 Å². The molecule has 0 amide bonds. The number of pyridine rings is 2. The molecule has 4 nitrogen and oxygen atoms in total. The zero-order valence-corrected chi connectivity index (χ0v) is 14.7. The molecule has 0 saturated carbocycles. The molecular formula is C23H15FN2O2. The van der Waals surface area contributed by atoms with Crippen LogP contribution < -0.4 is 5.56 Å². The number of H-pyrrole nitrogens is 1. The van der Waals surface area contributed by atoms with Crippen molar-refractivity contribution in [2.45, 2.75) is 0 Å². The molecule has 0 spiro atoms. The molecule has 2 aromatic carbocycles. The lowest BCUT2D eigenvalue weighted by atomic mass is 9.94. The van der Waals surface area contributed by atoms with Crippen LogP contribution in [0, 0.1) is 5.82 Å². The zero-order valence-electron chi connectivity index (χ0n) is 14.7. The van der Waals surface area contributed by atoms with E-state index in [2.05, 4.69) is 9.97 Å². The SMILES string of the molecule is O=C(/C=C/c1cccnc1)c1c(-c2ccccc2)c2cc(F)ccc2[nH]c1=O. The topological polar surface area (TPSA) is 62.8 Å². The monoisotopic (exact) mass is 370 g/mol. The van der Waals surface area contributed by atoms with Crippen LogP contribution in [0.5, 0.6) is 0 Å². The van der Waals surface area contributed by atoms with E-state index in [4.69, 9.17) is 0 Å². The van der Waals surface area contributed by atoms with Crippen LogP contribution in [0.4, 0.5) is 4.39 Å². The second-order valence-electron chi connectivity index (χ2n) is 6.24. The molecule has 0 aliphatic heterocycles. The molecular weight excluding hydrogens is 355 g/mol. The Balaban J connectivity index is 1.95. The summed E-state index contributed by atoms with van der Waals surface area (Å²) >= 11 is 0. The third-order valence-electron chi connectivity index (χ3n) is 4.40.